The van der Waals surface area contributed by atoms with Crippen LogP contribution in [-0.4, -0.2) is 33.6 Å². The van der Waals surface area contributed by atoms with Gasteiger partial charge in [0.15, 0.2) is 5.17 Å². The quantitative estimate of drug-likeness (QED) is 0.636. The number of thioether (sulfide) groups is 1. The molecule has 0 spiro atoms. The molecule has 1 aromatic rings. The second kappa shape index (κ2) is 6.67. The van der Waals surface area contributed by atoms with Gasteiger partial charge >= 0.3 is 5.97 Å². The third kappa shape index (κ3) is 4.17. The highest BCUT2D eigenvalue weighted by Gasteiger charge is 2.32. The van der Waals surface area contributed by atoms with Crippen LogP contribution in [0.3, 0.4) is 0 Å². The lowest BCUT2D eigenvalue weighted by molar-refractivity contribution is -0.138. The number of hydrogen-bond donors (Lipinski definition) is 2. The molecule has 1 saturated heterocycles. The molecule has 1 amide bonds. The van der Waals surface area contributed by atoms with Crippen LogP contribution >= 0.6 is 27.7 Å². The first-order chi connectivity index (χ1) is 9.54. The average molecular weight is 356 g/mol. The Balaban J connectivity index is 1.99. The molecule has 1 fully saturated rings. The summed E-state index contributed by atoms with van der Waals surface area (Å²) in [5.74, 6) is -1.37. The van der Waals surface area contributed by atoms with Gasteiger partial charge in [0.05, 0.1) is 12.6 Å². The maximum Gasteiger partial charge on any atom is 0.305 e. The molecule has 0 saturated carbocycles. The summed E-state index contributed by atoms with van der Waals surface area (Å²) in [5.41, 5.74) is 0.861. The number of carboxylic acid groups (broad SMARTS) is 1. The Morgan fingerprint density at radius 1 is 1.55 bits per heavy atom. The van der Waals surface area contributed by atoms with E-state index in [4.69, 9.17) is 5.11 Å². The van der Waals surface area contributed by atoms with Crippen molar-refractivity contribution in [3.05, 3.63) is 34.3 Å². The van der Waals surface area contributed by atoms with Gasteiger partial charge in [-0.2, -0.15) is 5.10 Å². The summed E-state index contributed by atoms with van der Waals surface area (Å²) >= 11 is 4.42. The number of benzene rings is 1. The third-order valence-corrected chi connectivity index (χ3v) is 3.91. The van der Waals surface area contributed by atoms with Gasteiger partial charge in [-0.15, -0.1) is 5.10 Å². The summed E-state index contributed by atoms with van der Waals surface area (Å²) < 4.78 is 0.930. The molecular formula is C12H10BrN3O3S. The molecule has 1 unspecified atom stereocenters. The highest BCUT2D eigenvalue weighted by molar-refractivity contribution is 9.10. The predicted molar refractivity (Wildman–Crippen MR) is 80.9 cm³/mol. The number of carbonyl (C=O) groups is 2. The van der Waals surface area contributed by atoms with E-state index in [0.717, 1.165) is 21.8 Å². The molecule has 2 N–H and O–H groups in total. The van der Waals surface area contributed by atoms with E-state index in [1.807, 2.05) is 24.3 Å². The molecule has 2 rings (SSSR count). The number of rotatable bonds is 4. The summed E-state index contributed by atoms with van der Waals surface area (Å²) in [6, 6.07) is 7.50. The van der Waals surface area contributed by atoms with Crippen molar-refractivity contribution in [2.75, 3.05) is 0 Å². The smallest absolute Gasteiger partial charge is 0.305 e. The van der Waals surface area contributed by atoms with Crippen LogP contribution in [0.4, 0.5) is 0 Å². The normalized spacial score (nSPS) is 20.6. The molecule has 8 heteroatoms. The number of carboxylic acids is 1. The van der Waals surface area contributed by atoms with Crippen molar-refractivity contribution in [3.63, 3.8) is 0 Å². The number of hydrogen-bond acceptors (Lipinski definition) is 5. The molecule has 0 radical (unpaired) electrons. The zero-order valence-electron chi connectivity index (χ0n) is 10.1. The minimum absolute atomic E-state index is 0.231. The van der Waals surface area contributed by atoms with Crippen molar-refractivity contribution in [2.24, 2.45) is 10.2 Å². The summed E-state index contributed by atoms with van der Waals surface area (Å²) in [6.07, 6.45) is 1.32. The van der Waals surface area contributed by atoms with Crippen molar-refractivity contribution in [3.8, 4) is 0 Å². The van der Waals surface area contributed by atoms with E-state index in [9.17, 15) is 9.59 Å². The first-order valence-electron chi connectivity index (χ1n) is 5.60. The molecule has 0 bridgehead atoms. The highest BCUT2D eigenvalue weighted by atomic mass is 79.9. The van der Waals surface area contributed by atoms with Crippen LogP contribution in [0.25, 0.3) is 0 Å². The fourth-order valence-corrected chi connectivity index (χ4v) is 2.81. The van der Waals surface area contributed by atoms with Crippen LogP contribution in [-0.2, 0) is 9.59 Å². The van der Waals surface area contributed by atoms with Crippen molar-refractivity contribution in [1.29, 1.82) is 0 Å². The third-order valence-electron chi connectivity index (χ3n) is 2.34. The van der Waals surface area contributed by atoms with Gasteiger partial charge in [0, 0.05) is 4.47 Å². The number of carbonyl (C=O) groups excluding carboxylic acids is 1. The Kier molecular flexibility index (Phi) is 4.91. The number of nitrogens with one attached hydrogen (secondary N) is 1. The van der Waals surface area contributed by atoms with E-state index < -0.39 is 11.2 Å². The molecule has 0 aliphatic carbocycles. The lowest BCUT2D eigenvalue weighted by atomic mass is 10.2. The lowest BCUT2D eigenvalue weighted by Gasteiger charge is -1.97. The largest absolute Gasteiger partial charge is 0.481 e. The molecule has 20 heavy (non-hydrogen) atoms. The van der Waals surface area contributed by atoms with Gasteiger partial charge in [0.25, 0.3) is 0 Å². The molecule has 1 aromatic carbocycles. The van der Waals surface area contributed by atoms with E-state index in [1.165, 1.54) is 0 Å². The van der Waals surface area contributed by atoms with Crippen LogP contribution in [0, 0.1) is 0 Å². The van der Waals surface area contributed by atoms with Gasteiger partial charge in [-0.25, -0.2) is 0 Å². The molecule has 0 aromatic heterocycles. The zero-order valence-corrected chi connectivity index (χ0v) is 12.5. The second-order valence-corrected chi connectivity index (χ2v) is 6.01. The minimum Gasteiger partial charge on any atom is -0.481 e. The Morgan fingerprint density at radius 2 is 2.35 bits per heavy atom. The summed E-state index contributed by atoms with van der Waals surface area (Å²) in [6.45, 7) is 0. The zero-order chi connectivity index (χ0) is 14.5. The topological polar surface area (TPSA) is 91.1 Å². The van der Waals surface area contributed by atoms with Gasteiger partial charge in [0.1, 0.15) is 5.25 Å². The van der Waals surface area contributed by atoms with Gasteiger partial charge in [0.2, 0.25) is 5.91 Å². The van der Waals surface area contributed by atoms with Crippen LogP contribution in [0.15, 0.2) is 38.9 Å². The van der Waals surface area contributed by atoms with Crippen molar-refractivity contribution in [1.82, 2.24) is 5.32 Å². The second-order valence-electron chi connectivity index (χ2n) is 3.90. The van der Waals surface area contributed by atoms with Crippen LogP contribution in [0.5, 0.6) is 0 Å². The Bertz CT molecular complexity index is 603. The Morgan fingerprint density at radius 3 is 3.05 bits per heavy atom. The minimum atomic E-state index is -1.02. The van der Waals surface area contributed by atoms with Crippen LogP contribution in [0.2, 0.25) is 0 Å². The van der Waals surface area contributed by atoms with Gasteiger partial charge < -0.3 is 10.4 Å². The van der Waals surface area contributed by atoms with Crippen molar-refractivity contribution in [2.45, 2.75) is 11.7 Å². The summed E-state index contributed by atoms with van der Waals surface area (Å²) in [7, 11) is 0. The SMILES string of the molecule is O=C(O)CC1S/C(=N\N=C/c2cccc(Br)c2)NC1=O. The van der Waals surface area contributed by atoms with E-state index in [2.05, 4.69) is 31.4 Å². The number of nitrogens with zero attached hydrogens (tertiary/aromatic N) is 2. The van der Waals surface area contributed by atoms with Gasteiger partial charge in [-0.05, 0) is 17.7 Å². The number of aliphatic carboxylic acids is 1. The highest BCUT2D eigenvalue weighted by Crippen LogP contribution is 2.22. The van der Waals surface area contributed by atoms with Crippen LogP contribution < -0.4 is 5.32 Å². The van der Waals surface area contributed by atoms with Crippen LogP contribution in [0.1, 0.15) is 12.0 Å². The van der Waals surface area contributed by atoms with E-state index in [0.29, 0.717) is 5.17 Å². The van der Waals surface area contributed by atoms with E-state index in [1.54, 1.807) is 6.21 Å². The molecule has 6 nitrogen and oxygen atoms in total. The number of amidine groups is 1. The lowest BCUT2D eigenvalue weighted by Crippen LogP contribution is -2.26. The summed E-state index contributed by atoms with van der Waals surface area (Å²) in [4.78, 5) is 22.0. The number of amides is 1. The van der Waals surface area contributed by atoms with E-state index >= 15 is 0 Å². The fraction of sp³-hybridized carbons (Fsp3) is 0.167. The first-order valence-corrected chi connectivity index (χ1v) is 7.28. The monoisotopic (exact) mass is 355 g/mol. The number of halogens is 1. The Hall–Kier alpha value is -1.67. The van der Waals surface area contributed by atoms with Crippen molar-refractivity contribution < 1.29 is 14.7 Å². The summed E-state index contributed by atoms with van der Waals surface area (Å²) in [5, 5.41) is 18.6. The van der Waals surface area contributed by atoms with Gasteiger partial charge in [-0.3, -0.25) is 9.59 Å². The standard InChI is InChI=1S/C12H10BrN3O3S/c13-8-3-1-2-7(4-8)6-14-16-12-15-11(19)9(20-12)5-10(17)18/h1-4,6,9H,5H2,(H,17,18)(H,15,16,19)/b14-6-. The Labute approximate surface area is 127 Å². The fourth-order valence-electron chi connectivity index (χ4n) is 1.48. The molecule has 1 atom stereocenters. The first kappa shape index (κ1) is 14.7. The van der Waals surface area contributed by atoms with E-state index in [-0.39, 0.29) is 12.3 Å². The molecular weight excluding hydrogens is 346 g/mol. The van der Waals surface area contributed by atoms with Crippen molar-refractivity contribution >= 4 is 51.0 Å². The molecule has 104 valence electrons. The van der Waals surface area contributed by atoms with Gasteiger partial charge in [-0.1, -0.05) is 39.8 Å². The molecule has 1 aliphatic heterocycles. The maximum absolute atomic E-state index is 11.5. The maximum atomic E-state index is 11.5. The average Bonchev–Trinajstić information content (AvgIpc) is 2.69. The molecule has 1 aliphatic rings. The predicted octanol–water partition coefficient (Wildman–Crippen LogP) is 1.85. The molecule has 1 heterocycles.